The van der Waals surface area contributed by atoms with E-state index in [4.69, 9.17) is 5.73 Å². The van der Waals surface area contributed by atoms with Gasteiger partial charge < -0.3 is 11.1 Å². The molecule has 0 spiro atoms. The molecule has 0 aliphatic rings. The largest absolute Gasteiger partial charge is 0.355 e. The van der Waals surface area contributed by atoms with Crippen LogP contribution in [0.4, 0.5) is 0 Å². The Bertz CT molecular complexity index is 201. The number of rotatable bonds is 5. The highest BCUT2D eigenvalue weighted by atomic mass is 32.2. The number of nitrogens with one attached hydrogen (secondary N) is 1. The standard InChI is InChI=1S/C11H24N2OS/c1-8(15-5)6-7-13-10(14)9(12)11(2,3)4/h8-9H,6-7,12H2,1-5H3,(H,13,14)/t8?,9-/m0/s1. The Balaban J connectivity index is 3.85. The van der Waals surface area contributed by atoms with Crippen LogP contribution in [-0.4, -0.2) is 30.0 Å². The molecule has 0 aromatic rings. The monoisotopic (exact) mass is 232 g/mol. The van der Waals surface area contributed by atoms with E-state index >= 15 is 0 Å². The lowest BCUT2D eigenvalue weighted by atomic mass is 9.87. The summed E-state index contributed by atoms with van der Waals surface area (Å²) in [4.78, 5) is 11.6. The molecule has 4 heteroatoms. The van der Waals surface area contributed by atoms with Gasteiger partial charge in [-0.15, -0.1) is 0 Å². The SMILES string of the molecule is CSC(C)CCNC(=O)[C@H](N)C(C)(C)C. The molecule has 0 aliphatic carbocycles. The second kappa shape index (κ2) is 6.38. The summed E-state index contributed by atoms with van der Waals surface area (Å²) < 4.78 is 0. The van der Waals surface area contributed by atoms with Crippen LogP contribution in [0.3, 0.4) is 0 Å². The van der Waals surface area contributed by atoms with Crippen LogP contribution in [0, 0.1) is 5.41 Å². The fourth-order valence-corrected chi connectivity index (χ4v) is 1.37. The molecule has 3 nitrogen and oxygen atoms in total. The summed E-state index contributed by atoms with van der Waals surface area (Å²) in [5.74, 6) is -0.0456. The average Bonchev–Trinajstić information content (AvgIpc) is 2.14. The van der Waals surface area contributed by atoms with Gasteiger partial charge in [-0.05, 0) is 18.1 Å². The first-order chi connectivity index (χ1) is 6.79. The summed E-state index contributed by atoms with van der Waals surface area (Å²) in [6.45, 7) is 8.79. The number of carbonyl (C=O) groups excluding carboxylic acids is 1. The van der Waals surface area contributed by atoms with Crippen LogP contribution < -0.4 is 11.1 Å². The van der Waals surface area contributed by atoms with Crippen molar-refractivity contribution in [1.29, 1.82) is 0 Å². The van der Waals surface area contributed by atoms with Crippen LogP contribution >= 0.6 is 11.8 Å². The zero-order chi connectivity index (χ0) is 12.1. The maximum atomic E-state index is 11.6. The molecular formula is C11H24N2OS. The van der Waals surface area contributed by atoms with Gasteiger partial charge in [-0.2, -0.15) is 11.8 Å². The Kier molecular flexibility index (Phi) is 6.29. The third-order valence-corrected chi connectivity index (χ3v) is 3.51. The molecule has 0 aliphatic heterocycles. The first-order valence-electron chi connectivity index (χ1n) is 5.35. The van der Waals surface area contributed by atoms with Gasteiger partial charge in [0, 0.05) is 11.8 Å². The van der Waals surface area contributed by atoms with Crippen LogP contribution in [0.15, 0.2) is 0 Å². The van der Waals surface area contributed by atoms with Gasteiger partial charge in [0.25, 0.3) is 0 Å². The number of hydrogen-bond acceptors (Lipinski definition) is 3. The van der Waals surface area contributed by atoms with E-state index in [1.807, 2.05) is 32.5 Å². The fourth-order valence-electron chi connectivity index (χ4n) is 1.02. The highest BCUT2D eigenvalue weighted by molar-refractivity contribution is 7.99. The molecule has 0 saturated heterocycles. The molecule has 2 atom stereocenters. The van der Waals surface area contributed by atoms with Crippen molar-refractivity contribution in [2.24, 2.45) is 11.1 Å². The molecule has 3 N–H and O–H groups in total. The normalized spacial score (nSPS) is 15.9. The van der Waals surface area contributed by atoms with Crippen molar-refractivity contribution in [1.82, 2.24) is 5.32 Å². The Hall–Kier alpha value is -0.220. The van der Waals surface area contributed by atoms with Gasteiger partial charge in [-0.25, -0.2) is 0 Å². The average molecular weight is 232 g/mol. The highest BCUT2D eigenvalue weighted by Gasteiger charge is 2.26. The summed E-state index contributed by atoms with van der Waals surface area (Å²) in [5, 5.41) is 3.46. The van der Waals surface area contributed by atoms with Crippen molar-refractivity contribution >= 4 is 17.7 Å². The van der Waals surface area contributed by atoms with Crippen LogP contribution in [0.25, 0.3) is 0 Å². The van der Waals surface area contributed by atoms with Gasteiger partial charge in [0.1, 0.15) is 0 Å². The zero-order valence-electron chi connectivity index (χ0n) is 10.5. The molecule has 0 aromatic heterocycles. The van der Waals surface area contributed by atoms with Gasteiger partial charge in [0.15, 0.2) is 0 Å². The molecule has 0 rings (SSSR count). The minimum absolute atomic E-state index is 0.0456. The van der Waals surface area contributed by atoms with Crippen LogP contribution in [-0.2, 0) is 4.79 Å². The quantitative estimate of drug-likeness (QED) is 0.757. The molecule has 0 fully saturated rings. The third kappa shape index (κ3) is 6.05. The second-order valence-electron chi connectivity index (χ2n) is 4.97. The van der Waals surface area contributed by atoms with E-state index in [9.17, 15) is 4.79 Å². The van der Waals surface area contributed by atoms with Crippen molar-refractivity contribution in [3.63, 3.8) is 0 Å². The van der Waals surface area contributed by atoms with Gasteiger partial charge >= 0.3 is 0 Å². The number of amides is 1. The Morgan fingerprint density at radius 2 is 2.00 bits per heavy atom. The van der Waals surface area contributed by atoms with Gasteiger partial charge in [-0.3, -0.25) is 4.79 Å². The predicted octanol–water partition coefficient (Wildman–Crippen LogP) is 1.62. The van der Waals surface area contributed by atoms with E-state index in [0.29, 0.717) is 11.8 Å². The van der Waals surface area contributed by atoms with Gasteiger partial charge in [0.2, 0.25) is 5.91 Å². The molecule has 0 aromatic carbocycles. The molecule has 0 saturated carbocycles. The first-order valence-corrected chi connectivity index (χ1v) is 6.64. The summed E-state index contributed by atoms with van der Waals surface area (Å²) in [7, 11) is 0. The van der Waals surface area contributed by atoms with E-state index in [2.05, 4.69) is 18.5 Å². The third-order valence-electron chi connectivity index (χ3n) is 2.47. The lowest BCUT2D eigenvalue weighted by Crippen LogP contribution is -2.48. The molecular weight excluding hydrogens is 208 g/mol. The van der Waals surface area contributed by atoms with Crippen molar-refractivity contribution < 1.29 is 4.79 Å². The number of thioether (sulfide) groups is 1. The molecule has 0 bridgehead atoms. The van der Waals surface area contributed by atoms with E-state index in [-0.39, 0.29) is 11.3 Å². The lowest BCUT2D eigenvalue weighted by molar-refractivity contribution is -0.124. The summed E-state index contributed by atoms with van der Waals surface area (Å²) in [6.07, 6.45) is 3.07. The fraction of sp³-hybridized carbons (Fsp3) is 0.909. The van der Waals surface area contributed by atoms with Crippen LogP contribution in [0.2, 0.25) is 0 Å². The summed E-state index contributed by atoms with van der Waals surface area (Å²) in [6, 6.07) is -0.429. The molecule has 1 amide bonds. The Morgan fingerprint density at radius 3 is 2.40 bits per heavy atom. The summed E-state index contributed by atoms with van der Waals surface area (Å²) in [5.41, 5.74) is 5.65. The van der Waals surface area contributed by atoms with E-state index < -0.39 is 6.04 Å². The zero-order valence-corrected chi connectivity index (χ0v) is 11.3. The second-order valence-corrected chi connectivity index (χ2v) is 6.25. The van der Waals surface area contributed by atoms with Crippen LogP contribution in [0.5, 0.6) is 0 Å². The molecule has 0 heterocycles. The first kappa shape index (κ1) is 14.8. The van der Waals surface area contributed by atoms with Gasteiger partial charge in [0.05, 0.1) is 6.04 Å². The molecule has 90 valence electrons. The summed E-state index contributed by atoms with van der Waals surface area (Å²) >= 11 is 1.81. The van der Waals surface area contributed by atoms with Crippen molar-refractivity contribution in [2.45, 2.75) is 45.4 Å². The Morgan fingerprint density at radius 1 is 1.47 bits per heavy atom. The minimum atomic E-state index is -0.429. The number of carbonyl (C=O) groups is 1. The van der Waals surface area contributed by atoms with Crippen molar-refractivity contribution in [3.8, 4) is 0 Å². The predicted molar refractivity (Wildman–Crippen MR) is 68.0 cm³/mol. The van der Waals surface area contributed by atoms with E-state index in [0.717, 1.165) is 6.42 Å². The molecule has 15 heavy (non-hydrogen) atoms. The Labute approximate surface area is 97.6 Å². The van der Waals surface area contributed by atoms with Gasteiger partial charge in [-0.1, -0.05) is 27.7 Å². The van der Waals surface area contributed by atoms with E-state index in [1.54, 1.807) is 0 Å². The van der Waals surface area contributed by atoms with Crippen molar-refractivity contribution in [3.05, 3.63) is 0 Å². The minimum Gasteiger partial charge on any atom is -0.355 e. The lowest BCUT2D eigenvalue weighted by Gasteiger charge is -2.26. The number of nitrogens with two attached hydrogens (primary N) is 1. The topological polar surface area (TPSA) is 55.1 Å². The molecule has 1 unspecified atom stereocenters. The molecule has 0 radical (unpaired) electrons. The van der Waals surface area contributed by atoms with Crippen LogP contribution in [0.1, 0.15) is 34.1 Å². The maximum Gasteiger partial charge on any atom is 0.237 e. The maximum absolute atomic E-state index is 11.6. The van der Waals surface area contributed by atoms with Crippen molar-refractivity contribution in [2.75, 3.05) is 12.8 Å². The highest BCUT2D eigenvalue weighted by Crippen LogP contribution is 2.17. The smallest absolute Gasteiger partial charge is 0.237 e. The number of hydrogen-bond donors (Lipinski definition) is 2. The van der Waals surface area contributed by atoms with E-state index in [1.165, 1.54) is 0 Å².